The molecule has 2 aromatic heterocycles. The number of thiophene rings is 1. The van der Waals surface area contributed by atoms with Gasteiger partial charge in [-0.05, 0) is 23.6 Å². The SMILES string of the molecule is O=C([O-])c1ccc(-c2cccs2)nc1Cl. The van der Waals surface area contributed by atoms with Gasteiger partial charge in [-0.15, -0.1) is 11.3 Å². The molecule has 0 bridgehead atoms. The Morgan fingerprint density at radius 3 is 2.73 bits per heavy atom. The molecule has 0 aliphatic heterocycles. The molecule has 2 heterocycles. The van der Waals surface area contributed by atoms with E-state index in [-0.39, 0.29) is 10.7 Å². The molecule has 0 amide bonds. The molecule has 0 spiro atoms. The number of carbonyl (C=O) groups excluding carboxylic acids is 1. The second-order valence-corrected chi connectivity index (χ2v) is 4.11. The van der Waals surface area contributed by atoms with Crippen LogP contribution in [0, 0.1) is 0 Å². The van der Waals surface area contributed by atoms with Crippen LogP contribution in [0.3, 0.4) is 0 Å². The average molecular weight is 239 g/mol. The summed E-state index contributed by atoms with van der Waals surface area (Å²) in [5, 5.41) is 12.5. The van der Waals surface area contributed by atoms with Crippen molar-refractivity contribution in [1.29, 1.82) is 0 Å². The van der Waals surface area contributed by atoms with Crippen molar-refractivity contribution in [2.45, 2.75) is 0 Å². The van der Waals surface area contributed by atoms with Crippen LogP contribution >= 0.6 is 22.9 Å². The Hall–Kier alpha value is -1.39. The smallest absolute Gasteiger partial charge is 0.138 e. The lowest BCUT2D eigenvalue weighted by atomic mass is 10.2. The summed E-state index contributed by atoms with van der Waals surface area (Å²) in [6.45, 7) is 0. The predicted molar refractivity (Wildman–Crippen MR) is 56.9 cm³/mol. The molecule has 3 nitrogen and oxygen atoms in total. The van der Waals surface area contributed by atoms with Gasteiger partial charge in [0.25, 0.3) is 0 Å². The van der Waals surface area contributed by atoms with Crippen LogP contribution in [0.4, 0.5) is 0 Å². The van der Waals surface area contributed by atoms with Crippen LogP contribution in [-0.2, 0) is 0 Å². The molecule has 15 heavy (non-hydrogen) atoms. The number of carboxylic acids is 1. The Kier molecular flexibility index (Phi) is 2.70. The molecule has 0 unspecified atom stereocenters. The van der Waals surface area contributed by atoms with Gasteiger partial charge in [-0.1, -0.05) is 17.7 Å². The summed E-state index contributed by atoms with van der Waals surface area (Å²) in [5.41, 5.74) is 0.581. The van der Waals surface area contributed by atoms with E-state index in [9.17, 15) is 9.90 Å². The Bertz CT molecular complexity index is 496. The van der Waals surface area contributed by atoms with Gasteiger partial charge < -0.3 is 9.90 Å². The zero-order valence-corrected chi connectivity index (χ0v) is 9.01. The Morgan fingerprint density at radius 1 is 1.40 bits per heavy atom. The topological polar surface area (TPSA) is 53.0 Å². The van der Waals surface area contributed by atoms with Gasteiger partial charge in [0.2, 0.25) is 0 Å². The highest BCUT2D eigenvalue weighted by molar-refractivity contribution is 7.13. The molecule has 0 atom stereocenters. The van der Waals surface area contributed by atoms with E-state index in [0.717, 1.165) is 4.88 Å². The summed E-state index contributed by atoms with van der Waals surface area (Å²) in [4.78, 5) is 15.5. The van der Waals surface area contributed by atoms with Gasteiger partial charge in [-0.3, -0.25) is 0 Å². The van der Waals surface area contributed by atoms with E-state index in [1.807, 2.05) is 17.5 Å². The van der Waals surface area contributed by atoms with Crippen LogP contribution in [0.5, 0.6) is 0 Å². The molecule has 76 valence electrons. The van der Waals surface area contributed by atoms with Gasteiger partial charge in [-0.2, -0.15) is 0 Å². The number of nitrogens with zero attached hydrogens (tertiary/aromatic N) is 1. The first kappa shape index (κ1) is 10.1. The molecule has 5 heteroatoms. The number of aromatic carboxylic acids is 1. The molecule has 0 fully saturated rings. The van der Waals surface area contributed by atoms with Crippen molar-refractivity contribution in [3.05, 3.63) is 40.4 Å². The van der Waals surface area contributed by atoms with Crippen molar-refractivity contribution in [2.24, 2.45) is 0 Å². The molecule has 0 N–H and O–H groups in total. The summed E-state index contributed by atoms with van der Waals surface area (Å²) in [5.74, 6) is -1.31. The number of halogens is 1. The van der Waals surface area contributed by atoms with Crippen LogP contribution in [0.25, 0.3) is 10.6 Å². The number of aromatic nitrogens is 1. The monoisotopic (exact) mass is 238 g/mol. The minimum Gasteiger partial charge on any atom is -0.545 e. The first-order valence-electron chi connectivity index (χ1n) is 4.10. The van der Waals surface area contributed by atoms with Gasteiger partial charge in [0.15, 0.2) is 0 Å². The van der Waals surface area contributed by atoms with E-state index >= 15 is 0 Å². The molecular weight excluding hydrogens is 234 g/mol. The minimum atomic E-state index is -1.31. The maximum atomic E-state index is 10.6. The Labute approximate surface area is 95.0 Å². The summed E-state index contributed by atoms with van der Waals surface area (Å²) >= 11 is 7.23. The lowest BCUT2D eigenvalue weighted by molar-refractivity contribution is -0.255. The van der Waals surface area contributed by atoms with Crippen LogP contribution in [0.1, 0.15) is 10.4 Å². The lowest BCUT2D eigenvalue weighted by Gasteiger charge is -2.05. The molecule has 0 aliphatic rings. The number of hydrogen-bond acceptors (Lipinski definition) is 4. The van der Waals surface area contributed by atoms with E-state index in [4.69, 9.17) is 11.6 Å². The molecule has 0 aromatic carbocycles. The first-order valence-corrected chi connectivity index (χ1v) is 5.36. The summed E-state index contributed by atoms with van der Waals surface area (Å²) in [6, 6.07) is 6.80. The molecule has 0 saturated heterocycles. The Balaban J connectivity index is 2.47. The average Bonchev–Trinajstić information content (AvgIpc) is 2.69. The highest BCUT2D eigenvalue weighted by Crippen LogP contribution is 2.25. The second-order valence-electron chi connectivity index (χ2n) is 2.80. The highest BCUT2D eigenvalue weighted by Gasteiger charge is 2.06. The maximum absolute atomic E-state index is 10.6. The third-order valence-corrected chi connectivity index (χ3v) is 3.02. The van der Waals surface area contributed by atoms with Gasteiger partial charge in [-0.25, -0.2) is 4.98 Å². The predicted octanol–water partition coefficient (Wildman–Crippen LogP) is 1.83. The first-order chi connectivity index (χ1) is 7.18. The van der Waals surface area contributed by atoms with Crippen LogP contribution in [-0.4, -0.2) is 11.0 Å². The van der Waals surface area contributed by atoms with Crippen LogP contribution < -0.4 is 5.11 Å². The third kappa shape index (κ3) is 2.00. The van der Waals surface area contributed by atoms with E-state index in [1.165, 1.54) is 17.4 Å². The van der Waals surface area contributed by atoms with Crippen molar-refractivity contribution in [2.75, 3.05) is 0 Å². The standard InChI is InChI=1S/C10H6ClNO2S/c11-9-6(10(13)14)3-4-7(12-9)8-2-1-5-15-8/h1-5H,(H,13,14)/p-1. The number of hydrogen-bond donors (Lipinski definition) is 0. The molecule has 0 radical (unpaired) electrons. The quantitative estimate of drug-likeness (QED) is 0.750. The number of rotatable bonds is 2. The maximum Gasteiger partial charge on any atom is 0.138 e. The molecule has 0 saturated carbocycles. The van der Waals surface area contributed by atoms with Crippen molar-refractivity contribution >= 4 is 28.9 Å². The van der Waals surface area contributed by atoms with Gasteiger partial charge in [0.05, 0.1) is 16.5 Å². The fourth-order valence-electron chi connectivity index (χ4n) is 1.15. The summed E-state index contributed by atoms with van der Waals surface area (Å²) < 4.78 is 0. The van der Waals surface area contributed by atoms with Gasteiger partial charge in [0, 0.05) is 5.56 Å². The van der Waals surface area contributed by atoms with Crippen LogP contribution in [0.15, 0.2) is 29.6 Å². The fraction of sp³-hybridized carbons (Fsp3) is 0. The Morgan fingerprint density at radius 2 is 2.20 bits per heavy atom. The zero-order valence-electron chi connectivity index (χ0n) is 7.44. The minimum absolute atomic E-state index is 0.0408. The van der Waals surface area contributed by atoms with E-state index in [0.29, 0.717) is 5.69 Å². The van der Waals surface area contributed by atoms with Crippen LogP contribution in [0.2, 0.25) is 5.15 Å². The van der Waals surface area contributed by atoms with E-state index in [1.54, 1.807) is 6.07 Å². The summed E-state index contributed by atoms with van der Waals surface area (Å²) in [7, 11) is 0. The van der Waals surface area contributed by atoms with Crippen molar-refractivity contribution < 1.29 is 9.90 Å². The lowest BCUT2D eigenvalue weighted by Crippen LogP contribution is -2.22. The molecule has 2 aromatic rings. The zero-order chi connectivity index (χ0) is 10.8. The molecule has 0 aliphatic carbocycles. The normalized spacial score (nSPS) is 10.2. The van der Waals surface area contributed by atoms with Crippen molar-refractivity contribution in [3.8, 4) is 10.6 Å². The van der Waals surface area contributed by atoms with E-state index in [2.05, 4.69) is 4.98 Å². The molecular formula is C10H5ClNO2S-. The largest absolute Gasteiger partial charge is 0.545 e. The highest BCUT2D eigenvalue weighted by atomic mass is 35.5. The van der Waals surface area contributed by atoms with E-state index < -0.39 is 5.97 Å². The number of pyridine rings is 1. The molecule has 2 rings (SSSR count). The van der Waals surface area contributed by atoms with Crippen molar-refractivity contribution in [1.82, 2.24) is 4.98 Å². The van der Waals surface area contributed by atoms with Gasteiger partial charge >= 0.3 is 0 Å². The summed E-state index contributed by atoms with van der Waals surface area (Å²) in [6.07, 6.45) is 0. The number of carbonyl (C=O) groups is 1. The van der Waals surface area contributed by atoms with Gasteiger partial charge in [0.1, 0.15) is 5.15 Å². The second kappa shape index (κ2) is 4.00. The fourth-order valence-corrected chi connectivity index (χ4v) is 2.07. The van der Waals surface area contributed by atoms with Crippen molar-refractivity contribution in [3.63, 3.8) is 0 Å². The number of carboxylic acid groups (broad SMARTS) is 1. The third-order valence-electron chi connectivity index (χ3n) is 1.84.